The molecule has 0 spiro atoms. The molecule has 1 atom stereocenters. The SMILES string of the molecule is CCOC(=O)c1ccccc1NC(=O)C(NC(=O)CC)C(=O)OCC. The number of ether oxygens (including phenoxy) is 2. The van der Waals surface area contributed by atoms with Crippen LogP contribution in [0.5, 0.6) is 0 Å². The molecule has 136 valence electrons. The molecule has 2 amide bonds. The van der Waals surface area contributed by atoms with E-state index in [1.54, 1.807) is 32.9 Å². The molecule has 0 aliphatic carbocycles. The maximum Gasteiger partial charge on any atom is 0.340 e. The number of amides is 2. The lowest BCUT2D eigenvalue weighted by atomic mass is 10.1. The number of anilines is 1. The van der Waals surface area contributed by atoms with Crippen molar-refractivity contribution in [2.75, 3.05) is 18.5 Å². The summed E-state index contributed by atoms with van der Waals surface area (Å²) in [6.45, 7) is 5.08. The first kappa shape index (κ1) is 20.1. The number of rotatable bonds is 8. The first-order valence-electron chi connectivity index (χ1n) is 7.97. The number of carbonyl (C=O) groups is 4. The van der Waals surface area contributed by atoms with Gasteiger partial charge in [0.1, 0.15) is 0 Å². The lowest BCUT2D eigenvalue weighted by molar-refractivity contribution is -0.150. The van der Waals surface area contributed by atoms with Gasteiger partial charge in [-0.3, -0.25) is 9.59 Å². The van der Waals surface area contributed by atoms with E-state index in [0.717, 1.165) is 0 Å². The summed E-state index contributed by atoms with van der Waals surface area (Å²) in [6, 6.07) is 4.69. The van der Waals surface area contributed by atoms with Crippen LogP contribution >= 0.6 is 0 Å². The fraction of sp³-hybridized carbons (Fsp3) is 0.412. The first-order valence-corrected chi connectivity index (χ1v) is 7.97. The zero-order valence-corrected chi connectivity index (χ0v) is 14.5. The Kier molecular flexibility index (Phi) is 8.11. The Balaban J connectivity index is 3.01. The zero-order valence-electron chi connectivity index (χ0n) is 14.5. The van der Waals surface area contributed by atoms with E-state index in [-0.39, 0.29) is 30.9 Å². The highest BCUT2D eigenvalue weighted by molar-refractivity contribution is 6.12. The second-order valence-corrected chi connectivity index (χ2v) is 4.86. The summed E-state index contributed by atoms with van der Waals surface area (Å²) in [5, 5.41) is 4.77. The second kappa shape index (κ2) is 10.1. The van der Waals surface area contributed by atoms with Crippen LogP contribution in [0.3, 0.4) is 0 Å². The molecular weight excluding hydrogens is 328 g/mol. The summed E-state index contributed by atoms with van der Waals surface area (Å²) in [6.07, 6.45) is 0.0998. The van der Waals surface area contributed by atoms with Gasteiger partial charge in [0, 0.05) is 6.42 Å². The summed E-state index contributed by atoms with van der Waals surface area (Å²) in [5.41, 5.74) is 0.313. The maximum atomic E-state index is 12.4. The summed E-state index contributed by atoms with van der Waals surface area (Å²) < 4.78 is 9.75. The Labute approximate surface area is 145 Å². The van der Waals surface area contributed by atoms with Gasteiger partial charge in [0.25, 0.3) is 5.91 Å². The topological polar surface area (TPSA) is 111 Å². The van der Waals surface area contributed by atoms with E-state index in [1.165, 1.54) is 12.1 Å². The highest BCUT2D eigenvalue weighted by Gasteiger charge is 2.30. The molecule has 0 heterocycles. The molecule has 8 nitrogen and oxygen atoms in total. The van der Waals surface area contributed by atoms with E-state index >= 15 is 0 Å². The van der Waals surface area contributed by atoms with Crippen LogP contribution in [0.15, 0.2) is 24.3 Å². The molecule has 8 heteroatoms. The minimum atomic E-state index is -1.51. The quantitative estimate of drug-likeness (QED) is 0.539. The van der Waals surface area contributed by atoms with E-state index in [1.807, 2.05) is 0 Å². The molecule has 0 fully saturated rings. The van der Waals surface area contributed by atoms with Crippen LogP contribution in [0.25, 0.3) is 0 Å². The van der Waals surface area contributed by atoms with Gasteiger partial charge in [0.2, 0.25) is 11.9 Å². The molecule has 1 unspecified atom stereocenters. The van der Waals surface area contributed by atoms with Gasteiger partial charge in [-0.2, -0.15) is 0 Å². The molecule has 1 rings (SSSR count). The Hall–Kier alpha value is -2.90. The number of carbonyl (C=O) groups excluding carboxylic acids is 4. The van der Waals surface area contributed by atoms with Crippen molar-refractivity contribution in [2.45, 2.75) is 33.2 Å². The normalized spacial score (nSPS) is 11.2. The third-order valence-electron chi connectivity index (χ3n) is 3.09. The highest BCUT2D eigenvalue weighted by atomic mass is 16.5. The fourth-order valence-electron chi connectivity index (χ4n) is 1.90. The van der Waals surface area contributed by atoms with Crippen molar-refractivity contribution in [1.82, 2.24) is 5.32 Å². The van der Waals surface area contributed by atoms with E-state index in [2.05, 4.69) is 10.6 Å². The molecule has 0 radical (unpaired) electrons. The van der Waals surface area contributed by atoms with Crippen molar-refractivity contribution in [3.05, 3.63) is 29.8 Å². The second-order valence-electron chi connectivity index (χ2n) is 4.86. The van der Waals surface area contributed by atoms with Gasteiger partial charge in [0.15, 0.2) is 0 Å². The van der Waals surface area contributed by atoms with Crippen LogP contribution in [0.2, 0.25) is 0 Å². The number of benzene rings is 1. The van der Waals surface area contributed by atoms with Crippen LogP contribution in [0.4, 0.5) is 5.69 Å². The minimum absolute atomic E-state index is 0.0595. The highest BCUT2D eigenvalue weighted by Crippen LogP contribution is 2.16. The third-order valence-corrected chi connectivity index (χ3v) is 3.09. The van der Waals surface area contributed by atoms with Crippen LogP contribution in [0, 0.1) is 0 Å². The molecule has 0 saturated carbocycles. The van der Waals surface area contributed by atoms with E-state index in [4.69, 9.17) is 9.47 Å². The molecule has 0 bridgehead atoms. The standard InChI is InChI=1S/C17H22N2O6/c1-4-13(20)19-14(17(23)25-6-3)15(21)18-12-10-8-7-9-11(12)16(22)24-5-2/h7-10,14H,4-6H2,1-3H3,(H,18,21)(H,19,20). The molecule has 1 aromatic rings. The van der Waals surface area contributed by atoms with Gasteiger partial charge >= 0.3 is 11.9 Å². The summed E-state index contributed by atoms with van der Waals surface area (Å²) >= 11 is 0. The van der Waals surface area contributed by atoms with Crippen LogP contribution in [0.1, 0.15) is 37.6 Å². The molecular formula is C17H22N2O6. The third kappa shape index (κ3) is 5.91. The van der Waals surface area contributed by atoms with E-state index < -0.39 is 29.8 Å². The van der Waals surface area contributed by atoms with Gasteiger partial charge < -0.3 is 20.1 Å². The maximum absolute atomic E-state index is 12.4. The van der Waals surface area contributed by atoms with Crippen LogP contribution < -0.4 is 10.6 Å². The van der Waals surface area contributed by atoms with Crippen molar-refractivity contribution >= 4 is 29.4 Å². The monoisotopic (exact) mass is 350 g/mol. The Morgan fingerprint density at radius 3 is 2.24 bits per heavy atom. The smallest absolute Gasteiger partial charge is 0.340 e. The van der Waals surface area contributed by atoms with Gasteiger partial charge in [-0.05, 0) is 26.0 Å². The molecule has 0 saturated heterocycles. The molecule has 0 aliphatic heterocycles. The van der Waals surface area contributed by atoms with Crippen molar-refractivity contribution in [2.24, 2.45) is 0 Å². The van der Waals surface area contributed by atoms with Crippen LogP contribution in [-0.4, -0.2) is 43.0 Å². The Morgan fingerprint density at radius 1 is 1.00 bits per heavy atom. The van der Waals surface area contributed by atoms with Gasteiger partial charge in [-0.15, -0.1) is 0 Å². The zero-order chi connectivity index (χ0) is 18.8. The number of nitrogens with one attached hydrogen (secondary N) is 2. The largest absolute Gasteiger partial charge is 0.464 e. The minimum Gasteiger partial charge on any atom is -0.464 e. The average molecular weight is 350 g/mol. The molecule has 0 aliphatic rings. The number of para-hydroxylation sites is 1. The average Bonchev–Trinajstić information content (AvgIpc) is 2.60. The van der Waals surface area contributed by atoms with Crippen molar-refractivity contribution in [3.63, 3.8) is 0 Å². The van der Waals surface area contributed by atoms with Crippen molar-refractivity contribution in [1.29, 1.82) is 0 Å². The van der Waals surface area contributed by atoms with Gasteiger partial charge in [-0.1, -0.05) is 19.1 Å². The first-order chi connectivity index (χ1) is 11.9. The fourth-order valence-corrected chi connectivity index (χ4v) is 1.90. The Bertz CT molecular complexity index is 644. The predicted molar refractivity (Wildman–Crippen MR) is 89.9 cm³/mol. The molecule has 0 aromatic heterocycles. The predicted octanol–water partition coefficient (Wildman–Crippen LogP) is 1.26. The number of hydrogen-bond acceptors (Lipinski definition) is 6. The van der Waals surface area contributed by atoms with Crippen molar-refractivity contribution < 1.29 is 28.7 Å². The van der Waals surface area contributed by atoms with Gasteiger partial charge in [-0.25, -0.2) is 9.59 Å². The van der Waals surface area contributed by atoms with Crippen LogP contribution in [-0.2, 0) is 23.9 Å². The van der Waals surface area contributed by atoms with E-state index in [9.17, 15) is 19.2 Å². The summed E-state index contributed by atoms with van der Waals surface area (Å²) in [7, 11) is 0. The molecule has 25 heavy (non-hydrogen) atoms. The van der Waals surface area contributed by atoms with E-state index in [0.29, 0.717) is 0 Å². The number of esters is 2. The lowest BCUT2D eigenvalue weighted by Crippen LogP contribution is -2.49. The summed E-state index contributed by atoms with van der Waals surface area (Å²) in [5.74, 6) is -2.78. The molecule has 2 N–H and O–H groups in total. The Morgan fingerprint density at radius 2 is 1.64 bits per heavy atom. The lowest BCUT2D eigenvalue weighted by Gasteiger charge is -2.17. The summed E-state index contributed by atoms with van der Waals surface area (Å²) in [4.78, 5) is 47.9. The molecule has 1 aromatic carbocycles. The van der Waals surface area contributed by atoms with Gasteiger partial charge in [0.05, 0.1) is 24.5 Å². The van der Waals surface area contributed by atoms with Crippen molar-refractivity contribution in [3.8, 4) is 0 Å². The number of hydrogen-bond donors (Lipinski definition) is 2.